The van der Waals surface area contributed by atoms with Gasteiger partial charge >= 0.3 is 11.9 Å². The average Bonchev–Trinajstić information content (AvgIpc) is 2.60. The first-order chi connectivity index (χ1) is 13.1. The fourth-order valence-corrected chi connectivity index (χ4v) is 4.18. The summed E-state index contributed by atoms with van der Waals surface area (Å²) in [7, 11) is 0. The molecule has 0 heterocycles. The number of carbonyl (C=O) groups is 2. The molecule has 0 aromatic heterocycles. The summed E-state index contributed by atoms with van der Waals surface area (Å²) in [6.07, 6.45) is 1.92. The van der Waals surface area contributed by atoms with Gasteiger partial charge in [0, 0.05) is 16.0 Å². The second-order valence-corrected chi connectivity index (χ2v) is 7.96. The molecular formula is C22H24Cl2O4. The lowest BCUT2D eigenvalue weighted by atomic mass is 9.79. The molecule has 0 fully saturated rings. The molecule has 0 aliphatic carbocycles. The van der Waals surface area contributed by atoms with Crippen molar-refractivity contribution in [3.05, 3.63) is 68.2 Å². The lowest BCUT2D eigenvalue weighted by Crippen LogP contribution is -2.17. The van der Waals surface area contributed by atoms with Crippen LogP contribution in [0.4, 0.5) is 0 Å². The highest BCUT2D eigenvalue weighted by Gasteiger charge is 2.27. The van der Waals surface area contributed by atoms with Gasteiger partial charge in [-0.1, -0.05) is 49.5 Å². The Morgan fingerprint density at radius 3 is 2.36 bits per heavy atom. The molecule has 150 valence electrons. The molecule has 2 aromatic rings. The maximum absolute atomic E-state index is 11.6. The minimum absolute atomic E-state index is 0.163. The Morgan fingerprint density at radius 2 is 1.79 bits per heavy atom. The van der Waals surface area contributed by atoms with Crippen LogP contribution in [-0.2, 0) is 11.2 Å². The van der Waals surface area contributed by atoms with Crippen LogP contribution in [0, 0.1) is 12.8 Å². The quantitative estimate of drug-likeness (QED) is 0.531. The van der Waals surface area contributed by atoms with Crippen molar-refractivity contribution in [1.82, 2.24) is 0 Å². The minimum atomic E-state index is -1.03. The number of rotatable bonds is 8. The number of aromatic carboxylic acids is 1. The number of hydrogen-bond donors (Lipinski definition) is 2. The van der Waals surface area contributed by atoms with Crippen LogP contribution in [0.2, 0.25) is 10.0 Å². The van der Waals surface area contributed by atoms with E-state index in [9.17, 15) is 19.8 Å². The number of aryl methyl sites for hydroxylation is 2. The van der Waals surface area contributed by atoms with E-state index in [0.717, 1.165) is 35.1 Å². The van der Waals surface area contributed by atoms with Crippen molar-refractivity contribution in [2.75, 3.05) is 0 Å². The molecule has 0 aliphatic rings. The standard InChI is InChI=1S/C22H24Cl2O4/c1-4-5-14-9-16(23)11-19(24)20(14)18(8-13(3)21(25)26)17-10-15(22(27)28)7-6-12(17)2/h6-7,9-11,13,18H,4-5,8H2,1-3H3,(H,25,26)(H,27,28). The number of hydrogen-bond acceptors (Lipinski definition) is 2. The highest BCUT2D eigenvalue weighted by atomic mass is 35.5. The molecule has 0 amide bonds. The second-order valence-electron chi connectivity index (χ2n) is 7.11. The Hall–Kier alpha value is -2.04. The maximum atomic E-state index is 11.6. The van der Waals surface area contributed by atoms with E-state index in [1.807, 2.05) is 19.9 Å². The highest BCUT2D eigenvalue weighted by molar-refractivity contribution is 6.35. The van der Waals surface area contributed by atoms with Crippen LogP contribution in [0.25, 0.3) is 0 Å². The molecule has 0 aliphatic heterocycles. The summed E-state index contributed by atoms with van der Waals surface area (Å²) < 4.78 is 0. The van der Waals surface area contributed by atoms with Crippen LogP contribution in [-0.4, -0.2) is 22.2 Å². The molecule has 6 heteroatoms. The van der Waals surface area contributed by atoms with Gasteiger partial charge in [-0.05, 0) is 66.3 Å². The normalized spacial score (nSPS) is 13.2. The van der Waals surface area contributed by atoms with E-state index < -0.39 is 17.9 Å². The van der Waals surface area contributed by atoms with Gasteiger partial charge in [-0.25, -0.2) is 4.79 Å². The molecule has 2 atom stereocenters. The van der Waals surface area contributed by atoms with Crippen molar-refractivity contribution in [2.45, 2.75) is 46.0 Å². The Bertz CT molecular complexity index is 892. The van der Waals surface area contributed by atoms with Crippen LogP contribution >= 0.6 is 23.2 Å². The van der Waals surface area contributed by atoms with Crippen LogP contribution in [0.1, 0.15) is 65.2 Å². The van der Waals surface area contributed by atoms with E-state index in [1.54, 1.807) is 31.2 Å². The third kappa shape index (κ3) is 5.06. The number of halogens is 2. The summed E-state index contributed by atoms with van der Waals surface area (Å²) in [6.45, 7) is 5.58. The molecule has 0 saturated heterocycles. The van der Waals surface area contributed by atoms with Crippen LogP contribution in [0.5, 0.6) is 0 Å². The predicted octanol–water partition coefficient (Wildman–Crippen LogP) is 6.20. The zero-order chi connectivity index (χ0) is 21.0. The molecule has 2 aromatic carbocycles. The van der Waals surface area contributed by atoms with Crippen molar-refractivity contribution in [3.63, 3.8) is 0 Å². The van der Waals surface area contributed by atoms with Crippen LogP contribution in [0.3, 0.4) is 0 Å². The van der Waals surface area contributed by atoms with Crippen LogP contribution < -0.4 is 0 Å². The Morgan fingerprint density at radius 1 is 1.11 bits per heavy atom. The Kier molecular flexibility index (Phi) is 7.50. The van der Waals surface area contributed by atoms with E-state index in [2.05, 4.69) is 0 Å². The molecule has 2 unspecified atom stereocenters. The summed E-state index contributed by atoms with van der Waals surface area (Å²) in [5, 5.41) is 19.9. The van der Waals surface area contributed by atoms with E-state index in [-0.39, 0.29) is 11.5 Å². The van der Waals surface area contributed by atoms with Gasteiger partial charge in [0.05, 0.1) is 11.5 Å². The Labute approximate surface area is 175 Å². The highest BCUT2D eigenvalue weighted by Crippen LogP contribution is 2.41. The summed E-state index contributed by atoms with van der Waals surface area (Å²) in [4.78, 5) is 23.1. The van der Waals surface area contributed by atoms with E-state index >= 15 is 0 Å². The van der Waals surface area contributed by atoms with Crippen molar-refractivity contribution in [1.29, 1.82) is 0 Å². The van der Waals surface area contributed by atoms with E-state index in [4.69, 9.17) is 23.2 Å². The molecule has 4 nitrogen and oxygen atoms in total. The third-order valence-electron chi connectivity index (χ3n) is 4.96. The summed E-state index contributed by atoms with van der Waals surface area (Å²) in [6, 6.07) is 8.45. The van der Waals surface area contributed by atoms with Crippen molar-refractivity contribution in [3.8, 4) is 0 Å². The molecule has 0 bridgehead atoms. The fraction of sp³-hybridized carbons (Fsp3) is 0.364. The fourth-order valence-electron chi connectivity index (χ4n) is 3.51. The monoisotopic (exact) mass is 422 g/mol. The summed E-state index contributed by atoms with van der Waals surface area (Å²) in [5.74, 6) is -2.91. The van der Waals surface area contributed by atoms with Gasteiger partial charge in [0.25, 0.3) is 0 Å². The lowest BCUT2D eigenvalue weighted by molar-refractivity contribution is -0.141. The number of carboxylic acids is 2. The van der Waals surface area contributed by atoms with Crippen molar-refractivity contribution >= 4 is 35.1 Å². The molecule has 0 spiro atoms. The lowest BCUT2D eigenvalue weighted by Gasteiger charge is -2.26. The zero-order valence-corrected chi connectivity index (χ0v) is 17.6. The average molecular weight is 423 g/mol. The van der Waals surface area contributed by atoms with E-state index in [0.29, 0.717) is 16.5 Å². The van der Waals surface area contributed by atoms with Crippen LogP contribution in [0.15, 0.2) is 30.3 Å². The first-order valence-electron chi connectivity index (χ1n) is 9.20. The molecular weight excluding hydrogens is 399 g/mol. The first kappa shape index (κ1) is 22.3. The molecule has 2 N–H and O–H groups in total. The van der Waals surface area contributed by atoms with Gasteiger partial charge < -0.3 is 10.2 Å². The second kappa shape index (κ2) is 9.44. The minimum Gasteiger partial charge on any atom is -0.481 e. The van der Waals surface area contributed by atoms with E-state index in [1.165, 1.54) is 0 Å². The van der Waals surface area contributed by atoms with Gasteiger partial charge in [0.15, 0.2) is 0 Å². The van der Waals surface area contributed by atoms with Gasteiger partial charge in [-0.2, -0.15) is 0 Å². The number of aliphatic carboxylic acids is 1. The van der Waals surface area contributed by atoms with Gasteiger partial charge in [-0.15, -0.1) is 0 Å². The molecule has 0 radical (unpaired) electrons. The Balaban J connectivity index is 2.73. The summed E-state index contributed by atoms with van der Waals surface area (Å²) in [5.41, 5.74) is 3.61. The number of carboxylic acid groups (broad SMARTS) is 2. The maximum Gasteiger partial charge on any atom is 0.335 e. The third-order valence-corrected chi connectivity index (χ3v) is 5.49. The SMILES string of the molecule is CCCc1cc(Cl)cc(Cl)c1C(CC(C)C(=O)O)c1cc(C(=O)O)ccc1C. The zero-order valence-electron chi connectivity index (χ0n) is 16.1. The largest absolute Gasteiger partial charge is 0.481 e. The predicted molar refractivity (Wildman–Crippen MR) is 112 cm³/mol. The topological polar surface area (TPSA) is 74.6 Å². The van der Waals surface area contributed by atoms with Gasteiger partial charge in [0.1, 0.15) is 0 Å². The van der Waals surface area contributed by atoms with Gasteiger partial charge in [-0.3, -0.25) is 4.79 Å². The van der Waals surface area contributed by atoms with Crippen molar-refractivity contribution in [2.24, 2.45) is 5.92 Å². The summed E-state index contributed by atoms with van der Waals surface area (Å²) >= 11 is 12.8. The molecule has 2 rings (SSSR count). The molecule has 0 saturated carbocycles. The van der Waals surface area contributed by atoms with Crippen molar-refractivity contribution < 1.29 is 19.8 Å². The molecule has 28 heavy (non-hydrogen) atoms. The van der Waals surface area contributed by atoms with Gasteiger partial charge in [0.2, 0.25) is 0 Å². The number of benzene rings is 2. The first-order valence-corrected chi connectivity index (χ1v) is 9.95. The smallest absolute Gasteiger partial charge is 0.335 e.